The lowest BCUT2D eigenvalue weighted by Crippen LogP contribution is -2.30. The maximum absolute atomic E-state index is 13.6. The zero-order valence-corrected chi connectivity index (χ0v) is 12.0. The predicted octanol–water partition coefficient (Wildman–Crippen LogP) is 1.56. The molecule has 2 N–H and O–H groups in total. The van der Waals surface area contributed by atoms with E-state index in [1.165, 1.54) is 29.6 Å². The summed E-state index contributed by atoms with van der Waals surface area (Å²) < 4.78 is 39.8. The number of nitrogens with two attached hydrogens (primary N) is 1. The van der Waals surface area contributed by atoms with Crippen molar-refractivity contribution in [1.82, 2.24) is 4.31 Å². The zero-order valence-electron chi connectivity index (χ0n) is 11.1. The van der Waals surface area contributed by atoms with E-state index >= 15 is 0 Å². The van der Waals surface area contributed by atoms with E-state index in [2.05, 4.69) is 6.92 Å². The van der Waals surface area contributed by atoms with Crippen LogP contribution in [0.5, 0.6) is 0 Å². The molecule has 1 fully saturated rings. The van der Waals surface area contributed by atoms with Gasteiger partial charge in [0.15, 0.2) is 0 Å². The van der Waals surface area contributed by atoms with Crippen LogP contribution in [0.3, 0.4) is 0 Å². The topological polar surface area (TPSA) is 63.4 Å². The van der Waals surface area contributed by atoms with Crippen molar-refractivity contribution in [1.29, 1.82) is 0 Å². The molecule has 0 aliphatic heterocycles. The average molecular weight is 286 g/mol. The summed E-state index contributed by atoms with van der Waals surface area (Å²) in [6.45, 7) is 2.44. The van der Waals surface area contributed by atoms with Crippen molar-refractivity contribution in [3.63, 3.8) is 0 Å². The lowest BCUT2D eigenvalue weighted by molar-refractivity contribution is 0.443. The number of nitrogens with zero attached hydrogens (tertiary/aromatic N) is 1. The molecule has 2 atom stereocenters. The Kier molecular flexibility index (Phi) is 3.94. The molecule has 1 aliphatic carbocycles. The lowest BCUT2D eigenvalue weighted by atomic mass is 10.2. The van der Waals surface area contributed by atoms with Crippen LogP contribution in [0.1, 0.15) is 18.9 Å². The number of hydrogen-bond acceptors (Lipinski definition) is 3. The number of halogens is 1. The van der Waals surface area contributed by atoms with E-state index < -0.39 is 15.8 Å². The van der Waals surface area contributed by atoms with Gasteiger partial charge >= 0.3 is 0 Å². The van der Waals surface area contributed by atoms with Crippen LogP contribution in [0, 0.1) is 17.7 Å². The van der Waals surface area contributed by atoms with Crippen LogP contribution in [0.4, 0.5) is 4.39 Å². The molecule has 1 aromatic carbocycles. The fourth-order valence-corrected chi connectivity index (χ4v) is 3.69. The first-order valence-electron chi connectivity index (χ1n) is 6.31. The molecule has 0 spiro atoms. The maximum Gasteiger partial charge on any atom is 0.243 e. The standard InChI is InChI=1S/C13H19FN2O2S/c1-9-6-10(9)8-16(2)19(17,18)13-5-3-4-12(14)11(13)7-15/h3-5,9-10H,6-8,15H2,1-2H3. The summed E-state index contributed by atoms with van der Waals surface area (Å²) in [5.41, 5.74) is 5.51. The SMILES string of the molecule is CC1CC1CN(C)S(=O)(=O)c1cccc(F)c1CN. The van der Waals surface area contributed by atoms with Crippen LogP contribution in [0.2, 0.25) is 0 Å². The van der Waals surface area contributed by atoms with Crippen LogP contribution in [-0.2, 0) is 16.6 Å². The molecule has 6 heteroatoms. The molecule has 2 unspecified atom stereocenters. The van der Waals surface area contributed by atoms with E-state index in [0.29, 0.717) is 18.4 Å². The Morgan fingerprint density at radius 1 is 1.47 bits per heavy atom. The molecule has 1 aromatic rings. The fourth-order valence-electron chi connectivity index (χ4n) is 2.23. The minimum absolute atomic E-state index is 0.0224. The van der Waals surface area contributed by atoms with Crippen molar-refractivity contribution in [2.75, 3.05) is 13.6 Å². The van der Waals surface area contributed by atoms with Crippen LogP contribution >= 0.6 is 0 Å². The Balaban J connectivity index is 2.31. The molecule has 19 heavy (non-hydrogen) atoms. The highest BCUT2D eigenvalue weighted by Crippen LogP contribution is 2.38. The average Bonchev–Trinajstić information content (AvgIpc) is 3.04. The Labute approximate surface area is 113 Å². The van der Waals surface area contributed by atoms with Gasteiger partial charge in [-0.1, -0.05) is 13.0 Å². The third-order valence-corrected chi connectivity index (χ3v) is 5.64. The summed E-state index contributed by atoms with van der Waals surface area (Å²) >= 11 is 0. The van der Waals surface area contributed by atoms with Gasteiger partial charge in [0.1, 0.15) is 5.82 Å². The van der Waals surface area contributed by atoms with E-state index in [1.54, 1.807) is 0 Å². The first-order valence-corrected chi connectivity index (χ1v) is 7.75. The molecule has 0 amide bonds. The molecular weight excluding hydrogens is 267 g/mol. The number of hydrogen-bond donors (Lipinski definition) is 1. The monoisotopic (exact) mass is 286 g/mol. The Bertz CT molecular complexity index is 574. The number of sulfonamides is 1. The summed E-state index contributed by atoms with van der Waals surface area (Å²) in [7, 11) is -2.14. The van der Waals surface area contributed by atoms with Gasteiger partial charge in [0.2, 0.25) is 10.0 Å². The van der Waals surface area contributed by atoms with E-state index in [9.17, 15) is 12.8 Å². The number of rotatable bonds is 5. The van der Waals surface area contributed by atoms with Gasteiger partial charge in [0.05, 0.1) is 4.90 Å². The fraction of sp³-hybridized carbons (Fsp3) is 0.538. The van der Waals surface area contributed by atoms with Crippen molar-refractivity contribution in [3.05, 3.63) is 29.6 Å². The minimum atomic E-state index is -3.67. The molecule has 0 bridgehead atoms. The maximum atomic E-state index is 13.6. The minimum Gasteiger partial charge on any atom is -0.326 e. The van der Waals surface area contributed by atoms with Crippen molar-refractivity contribution < 1.29 is 12.8 Å². The largest absolute Gasteiger partial charge is 0.326 e. The van der Waals surface area contributed by atoms with Crippen LogP contribution in [0.25, 0.3) is 0 Å². The highest BCUT2D eigenvalue weighted by Gasteiger charge is 2.36. The summed E-state index contributed by atoms with van der Waals surface area (Å²) in [6, 6.07) is 4.03. The molecule has 106 valence electrons. The van der Waals surface area contributed by atoms with E-state index in [1.807, 2.05) is 0 Å². The van der Waals surface area contributed by atoms with Crippen molar-refractivity contribution in [2.24, 2.45) is 17.6 Å². The van der Waals surface area contributed by atoms with E-state index in [0.717, 1.165) is 6.42 Å². The second-order valence-corrected chi connectivity index (χ2v) is 7.19. The summed E-state index contributed by atoms with van der Waals surface area (Å²) in [6.07, 6.45) is 1.05. The van der Waals surface area contributed by atoms with Crippen molar-refractivity contribution in [2.45, 2.75) is 24.8 Å². The second-order valence-electron chi connectivity index (χ2n) is 5.18. The molecule has 0 aromatic heterocycles. The predicted molar refractivity (Wildman–Crippen MR) is 71.4 cm³/mol. The third kappa shape index (κ3) is 2.80. The summed E-state index contributed by atoms with van der Waals surface area (Å²) in [5.74, 6) is 0.408. The normalized spacial score (nSPS) is 22.8. The smallest absolute Gasteiger partial charge is 0.243 e. The van der Waals surface area contributed by atoms with Crippen molar-refractivity contribution in [3.8, 4) is 0 Å². The molecule has 2 rings (SSSR count). The molecule has 4 nitrogen and oxygen atoms in total. The van der Waals surface area contributed by atoms with Crippen molar-refractivity contribution >= 4 is 10.0 Å². The molecule has 0 heterocycles. The van der Waals surface area contributed by atoms with Gasteiger partial charge in [-0.15, -0.1) is 0 Å². The van der Waals surface area contributed by atoms with Gasteiger partial charge in [-0.05, 0) is 30.4 Å². The second kappa shape index (κ2) is 5.19. The third-order valence-electron chi connectivity index (χ3n) is 3.74. The van der Waals surface area contributed by atoms with E-state index in [-0.39, 0.29) is 17.0 Å². The van der Waals surface area contributed by atoms with Gasteiger partial charge < -0.3 is 5.73 Å². The quantitative estimate of drug-likeness (QED) is 0.893. The van der Waals surface area contributed by atoms with Gasteiger partial charge in [-0.2, -0.15) is 0 Å². The molecular formula is C13H19FN2O2S. The van der Waals surface area contributed by atoms with Crippen LogP contribution < -0.4 is 5.73 Å². The molecule has 0 radical (unpaired) electrons. The van der Waals surface area contributed by atoms with Gasteiger partial charge in [-0.25, -0.2) is 17.1 Å². The Hall–Kier alpha value is -0.980. The van der Waals surface area contributed by atoms with E-state index in [4.69, 9.17) is 5.73 Å². The molecule has 1 saturated carbocycles. The zero-order chi connectivity index (χ0) is 14.2. The van der Waals surface area contributed by atoms with Gasteiger partial charge in [0.25, 0.3) is 0 Å². The van der Waals surface area contributed by atoms with Gasteiger partial charge in [-0.3, -0.25) is 0 Å². The van der Waals surface area contributed by atoms with Crippen LogP contribution in [-0.4, -0.2) is 26.3 Å². The Morgan fingerprint density at radius 3 is 2.63 bits per heavy atom. The number of benzene rings is 1. The Morgan fingerprint density at radius 2 is 2.11 bits per heavy atom. The molecule has 1 aliphatic rings. The lowest BCUT2D eigenvalue weighted by Gasteiger charge is -2.19. The summed E-state index contributed by atoms with van der Waals surface area (Å²) in [5, 5.41) is 0. The first kappa shape index (κ1) is 14.4. The highest BCUT2D eigenvalue weighted by atomic mass is 32.2. The molecule has 0 saturated heterocycles. The summed E-state index contributed by atoms with van der Waals surface area (Å²) in [4.78, 5) is -0.0224. The van der Waals surface area contributed by atoms with Crippen LogP contribution in [0.15, 0.2) is 23.1 Å². The highest BCUT2D eigenvalue weighted by molar-refractivity contribution is 7.89. The first-order chi connectivity index (χ1) is 8.87. The van der Waals surface area contributed by atoms with Gasteiger partial charge in [0, 0.05) is 25.7 Å².